The van der Waals surface area contributed by atoms with E-state index in [4.69, 9.17) is 13.8 Å². The van der Waals surface area contributed by atoms with Crippen LogP contribution in [-0.2, 0) is 27.9 Å². The lowest BCUT2D eigenvalue weighted by molar-refractivity contribution is -0.870. The van der Waals surface area contributed by atoms with E-state index in [2.05, 4.69) is 86.8 Å². The lowest BCUT2D eigenvalue weighted by Crippen LogP contribution is -2.47. The van der Waals surface area contributed by atoms with Crippen LogP contribution in [0.25, 0.3) is 0 Å². The van der Waals surface area contributed by atoms with Gasteiger partial charge in [0.15, 0.2) is 0 Å². The average molecular weight is 1090 g/mol. The molecule has 0 saturated carbocycles. The summed E-state index contributed by atoms with van der Waals surface area (Å²) in [6.07, 6.45) is 71.8. The number of likely N-dealkylation sites (N-methyl/N-ethyl adjacent to an activating group) is 1. The van der Waals surface area contributed by atoms with Crippen LogP contribution in [-0.4, -0.2) is 74.3 Å². The Morgan fingerprint density at radius 3 is 1.25 bits per heavy atom. The second-order valence-electron chi connectivity index (χ2n) is 22.6. The summed E-state index contributed by atoms with van der Waals surface area (Å²) in [6, 6.07) is -0.863. The second-order valence-corrected chi connectivity index (χ2v) is 24.0. The first-order chi connectivity index (χ1) is 36.9. The minimum atomic E-state index is -4.46. The fourth-order valence-corrected chi connectivity index (χ4v) is 9.65. The van der Waals surface area contributed by atoms with Crippen molar-refractivity contribution in [3.63, 3.8) is 0 Å². The van der Waals surface area contributed by atoms with Crippen LogP contribution in [0, 0.1) is 0 Å². The molecule has 0 aromatic rings. The Bertz CT molecular complexity index is 1530. The Hall–Kier alpha value is -2.55. The van der Waals surface area contributed by atoms with Gasteiger partial charge in [-0.05, 0) is 102 Å². The zero-order valence-electron chi connectivity index (χ0n) is 50.5. The van der Waals surface area contributed by atoms with Crippen molar-refractivity contribution in [2.75, 3.05) is 40.9 Å². The smallest absolute Gasteiger partial charge is 0.456 e. The van der Waals surface area contributed by atoms with Gasteiger partial charge in [-0.3, -0.25) is 18.6 Å². The molecule has 0 aliphatic rings. The lowest BCUT2D eigenvalue weighted by Gasteiger charge is -2.27. The van der Waals surface area contributed by atoms with E-state index in [0.717, 1.165) is 103 Å². The summed E-state index contributed by atoms with van der Waals surface area (Å²) < 4.78 is 30.7. The number of ether oxygens (including phenoxy) is 1. The highest BCUT2D eigenvalue weighted by Gasteiger charge is 2.30. The Labute approximate surface area is 470 Å². The average Bonchev–Trinajstić information content (AvgIpc) is 3.38. The van der Waals surface area contributed by atoms with Crippen molar-refractivity contribution in [2.45, 2.75) is 296 Å². The Morgan fingerprint density at radius 2 is 0.803 bits per heavy atom. The van der Waals surface area contributed by atoms with Gasteiger partial charge in [-0.15, -0.1) is 0 Å². The van der Waals surface area contributed by atoms with Gasteiger partial charge in [0.25, 0.3) is 0 Å². The third-order valence-electron chi connectivity index (χ3n) is 13.9. The lowest BCUT2D eigenvalue weighted by atomic mass is 10.0. The number of allylic oxidation sites excluding steroid dienone is 11. The molecule has 0 saturated heterocycles. The van der Waals surface area contributed by atoms with E-state index < -0.39 is 20.0 Å². The molecule has 9 nitrogen and oxygen atoms in total. The topological polar surface area (TPSA) is 111 Å². The fraction of sp³-hybridized carbons (Fsp3) is 0.788. The standard InChI is InChI=1S/C66H121N2O7P/c1-7-10-13-16-19-22-25-28-30-31-32-33-34-35-36-37-38-41-44-47-50-53-56-59-66(70)75-64(57-54-51-48-45-42-39-27-24-21-18-15-12-9-3)63(62-74-76(71,72)73-61-60-68(4,5)6)67-65(69)58-55-52-49-46-43-40-29-26-23-20-17-14-11-8-2/h19,22,28,30,32-33,35-36,40,43,54,57,63-64H,7-18,20-21,23-27,29,31,34,37-39,41-42,44-53,55-56,58-62H2,1-6H3,(H-,67,69,71,72)/p+1/b22-19-,30-28-,33-32-,36-35-,43-40-,57-54-. The molecule has 3 atom stereocenters. The number of quaternary nitrogens is 1. The molecule has 76 heavy (non-hydrogen) atoms. The molecule has 0 rings (SSSR count). The number of hydrogen-bond donors (Lipinski definition) is 2. The van der Waals surface area contributed by atoms with Crippen molar-refractivity contribution < 1.29 is 37.3 Å². The summed E-state index contributed by atoms with van der Waals surface area (Å²) in [6.45, 7) is 6.97. The third-order valence-corrected chi connectivity index (χ3v) is 14.9. The van der Waals surface area contributed by atoms with E-state index in [1.54, 1.807) is 0 Å². The quantitative estimate of drug-likeness (QED) is 0.0205. The highest BCUT2D eigenvalue weighted by molar-refractivity contribution is 7.47. The van der Waals surface area contributed by atoms with Crippen LogP contribution in [0.5, 0.6) is 0 Å². The summed E-state index contributed by atoms with van der Waals surface area (Å²) in [5, 5.41) is 3.04. The molecule has 1 amide bonds. The minimum absolute atomic E-state index is 0.0337. The van der Waals surface area contributed by atoms with Gasteiger partial charge in [-0.1, -0.05) is 242 Å². The number of carbonyl (C=O) groups is 2. The van der Waals surface area contributed by atoms with Crippen molar-refractivity contribution in [2.24, 2.45) is 0 Å². The summed E-state index contributed by atoms with van der Waals surface area (Å²) in [4.78, 5) is 37.7. The molecule has 0 aromatic heterocycles. The molecule has 2 N–H and O–H groups in total. The molecule has 0 heterocycles. The van der Waals surface area contributed by atoms with E-state index >= 15 is 0 Å². The molecule has 3 unspecified atom stereocenters. The van der Waals surface area contributed by atoms with Crippen LogP contribution >= 0.6 is 7.82 Å². The van der Waals surface area contributed by atoms with E-state index in [1.165, 1.54) is 148 Å². The first-order valence-electron chi connectivity index (χ1n) is 31.8. The highest BCUT2D eigenvalue weighted by Crippen LogP contribution is 2.43. The number of hydrogen-bond acceptors (Lipinski definition) is 6. The summed E-state index contributed by atoms with van der Waals surface area (Å²) in [7, 11) is 1.48. The van der Waals surface area contributed by atoms with Gasteiger partial charge in [-0.2, -0.15) is 0 Å². The van der Waals surface area contributed by atoms with Crippen molar-refractivity contribution in [3.05, 3.63) is 72.9 Å². The van der Waals surface area contributed by atoms with Gasteiger partial charge >= 0.3 is 13.8 Å². The number of carbonyl (C=O) groups excluding carboxylic acids is 2. The number of phosphoric acid groups is 1. The van der Waals surface area contributed by atoms with Gasteiger partial charge in [0.05, 0.1) is 33.8 Å². The highest BCUT2D eigenvalue weighted by atomic mass is 31.2. The molecule has 0 radical (unpaired) electrons. The van der Waals surface area contributed by atoms with Crippen LogP contribution in [0.3, 0.4) is 0 Å². The van der Waals surface area contributed by atoms with E-state index in [-0.39, 0.29) is 31.5 Å². The molecule has 0 aliphatic carbocycles. The monoisotopic (exact) mass is 1090 g/mol. The molecule has 442 valence electrons. The summed E-state index contributed by atoms with van der Waals surface area (Å²) in [5.74, 6) is -0.533. The van der Waals surface area contributed by atoms with Gasteiger partial charge < -0.3 is 19.4 Å². The molecular formula is C66H122N2O7P+. The summed E-state index contributed by atoms with van der Waals surface area (Å²) in [5.41, 5.74) is 0. The van der Waals surface area contributed by atoms with Crippen LogP contribution in [0.1, 0.15) is 284 Å². The number of amides is 1. The Balaban J connectivity index is 5.26. The molecule has 0 bridgehead atoms. The van der Waals surface area contributed by atoms with Gasteiger partial charge in [0.2, 0.25) is 5.91 Å². The number of nitrogens with one attached hydrogen (secondary N) is 1. The van der Waals surface area contributed by atoms with Gasteiger partial charge in [0.1, 0.15) is 19.3 Å². The third kappa shape index (κ3) is 56.2. The van der Waals surface area contributed by atoms with Crippen molar-refractivity contribution in [1.29, 1.82) is 0 Å². The maximum Gasteiger partial charge on any atom is 0.472 e. The molecule has 0 aliphatic heterocycles. The normalized spacial score (nSPS) is 14.1. The number of unbranched alkanes of at least 4 members (excludes halogenated alkanes) is 31. The molecule has 10 heteroatoms. The largest absolute Gasteiger partial charge is 0.472 e. The van der Waals surface area contributed by atoms with Crippen LogP contribution in [0.4, 0.5) is 0 Å². The number of phosphoric ester groups is 1. The SMILES string of the molecule is CCCCC/C=C\C/C=C\C/C=C\C/C=C\CCCCCCCCCC(=O)OC(/C=C\CCCCCCCCCCCCC)C(COP(=O)(O)OCC[N+](C)(C)C)NC(=O)CCCCC/C=C\CCCCCCCCC. The van der Waals surface area contributed by atoms with E-state index in [0.29, 0.717) is 17.4 Å². The van der Waals surface area contributed by atoms with E-state index in [9.17, 15) is 19.0 Å². The Kier molecular flexibility index (Phi) is 53.9. The first-order valence-corrected chi connectivity index (χ1v) is 33.3. The number of nitrogens with zero attached hydrogens (tertiary/aromatic N) is 1. The first kappa shape index (κ1) is 73.5. The van der Waals surface area contributed by atoms with Crippen LogP contribution < -0.4 is 5.32 Å². The summed E-state index contributed by atoms with van der Waals surface area (Å²) >= 11 is 0. The van der Waals surface area contributed by atoms with Crippen molar-refractivity contribution in [3.8, 4) is 0 Å². The van der Waals surface area contributed by atoms with Gasteiger partial charge in [0, 0.05) is 12.8 Å². The van der Waals surface area contributed by atoms with E-state index in [1.807, 2.05) is 33.3 Å². The van der Waals surface area contributed by atoms with Crippen molar-refractivity contribution >= 4 is 19.7 Å². The maximum atomic E-state index is 13.5. The Morgan fingerprint density at radius 1 is 0.461 bits per heavy atom. The maximum absolute atomic E-state index is 13.5. The molecule has 0 spiro atoms. The van der Waals surface area contributed by atoms with Gasteiger partial charge in [-0.25, -0.2) is 4.57 Å². The number of rotatable bonds is 57. The number of esters is 1. The van der Waals surface area contributed by atoms with Crippen molar-refractivity contribution in [1.82, 2.24) is 5.32 Å². The zero-order valence-corrected chi connectivity index (χ0v) is 51.4. The van der Waals surface area contributed by atoms with Crippen LogP contribution in [0.15, 0.2) is 72.9 Å². The predicted octanol–water partition coefficient (Wildman–Crippen LogP) is 19.6. The van der Waals surface area contributed by atoms with Crippen LogP contribution in [0.2, 0.25) is 0 Å². The second kappa shape index (κ2) is 55.8. The predicted molar refractivity (Wildman–Crippen MR) is 328 cm³/mol. The molecule has 0 aromatic carbocycles. The molecule has 0 fully saturated rings. The zero-order chi connectivity index (χ0) is 55.7. The molecular weight excluding hydrogens is 964 g/mol. The minimum Gasteiger partial charge on any atom is -0.456 e. The fourth-order valence-electron chi connectivity index (χ4n) is 8.92.